The van der Waals surface area contributed by atoms with Gasteiger partial charge in [0.2, 0.25) is 5.95 Å². The maximum Gasteiger partial charge on any atom is 0.417 e. The lowest BCUT2D eigenvalue weighted by atomic mass is 10.2. The summed E-state index contributed by atoms with van der Waals surface area (Å²) in [6, 6.07) is 10.9. The molecule has 0 unspecified atom stereocenters. The van der Waals surface area contributed by atoms with Gasteiger partial charge in [0.05, 0.1) is 12.6 Å². The van der Waals surface area contributed by atoms with Crippen molar-refractivity contribution in [1.29, 1.82) is 0 Å². The molecule has 0 aliphatic rings. The Kier molecular flexibility index (Phi) is 6.45. The molecule has 4 aromatic rings. The molecule has 0 amide bonds. The molecule has 2 aromatic heterocycles. The van der Waals surface area contributed by atoms with E-state index in [9.17, 15) is 4.79 Å². The molecule has 2 aromatic carbocycles. The Morgan fingerprint density at radius 2 is 1.88 bits per heavy atom. The zero-order valence-electron chi connectivity index (χ0n) is 18.9. The second kappa shape index (κ2) is 9.61. The lowest BCUT2D eigenvalue weighted by Gasteiger charge is -2.15. The first kappa shape index (κ1) is 22.2. The molecule has 0 saturated heterocycles. The molecule has 4 rings (SSSR count). The lowest BCUT2D eigenvalue weighted by Crippen LogP contribution is -2.19. The van der Waals surface area contributed by atoms with E-state index in [0.717, 1.165) is 23.5 Å². The van der Waals surface area contributed by atoms with Gasteiger partial charge < -0.3 is 29.4 Å². The summed E-state index contributed by atoms with van der Waals surface area (Å²) in [7, 11) is 5.59. The maximum absolute atomic E-state index is 11.4. The molecule has 0 saturated carbocycles. The quantitative estimate of drug-likeness (QED) is 0.351. The zero-order valence-corrected chi connectivity index (χ0v) is 18.9. The molecular formula is C23H26N6O4. The highest BCUT2D eigenvalue weighted by atomic mass is 16.5. The van der Waals surface area contributed by atoms with Crippen molar-refractivity contribution in [3.8, 4) is 11.5 Å². The number of rotatable bonds is 9. The fourth-order valence-corrected chi connectivity index (χ4v) is 3.13. The van der Waals surface area contributed by atoms with E-state index < -0.39 is 5.76 Å². The molecule has 0 aliphatic heterocycles. The third kappa shape index (κ3) is 5.42. The van der Waals surface area contributed by atoms with E-state index in [1.807, 2.05) is 50.2 Å². The summed E-state index contributed by atoms with van der Waals surface area (Å²) in [5.41, 5.74) is 3.49. The summed E-state index contributed by atoms with van der Waals surface area (Å²) in [6.45, 7) is 3.23. The highest BCUT2D eigenvalue weighted by Crippen LogP contribution is 2.31. The van der Waals surface area contributed by atoms with Gasteiger partial charge in [-0.3, -0.25) is 4.98 Å². The molecule has 2 heterocycles. The van der Waals surface area contributed by atoms with Gasteiger partial charge >= 0.3 is 5.76 Å². The number of nitrogens with zero attached hydrogens (tertiary/aromatic N) is 3. The summed E-state index contributed by atoms with van der Waals surface area (Å²) in [5, 5.41) is 6.47. The first-order valence-corrected chi connectivity index (χ1v) is 10.4. The molecule has 0 bridgehead atoms. The minimum Gasteiger partial charge on any atom is -0.493 e. The predicted molar refractivity (Wildman–Crippen MR) is 127 cm³/mol. The fourth-order valence-electron chi connectivity index (χ4n) is 3.13. The number of aromatic nitrogens is 3. The van der Waals surface area contributed by atoms with Crippen molar-refractivity contribution in [1.82, 2.24) is 19.9 Å². The topological polar surface area (TPSA) is 118 Å². The van der Waals surface area contributed by atoms with E-state index >= 15 is 0 Å². The summed E-state index contributed by atoms with van der Waals surface area (Å²) in [6.07, 6.45) is 1.73. The van der Waals surface area contributed by atoms with Gasteiger partial charge in [-0.15, -0.1) is 0 Å². The fraction of sp³-hybridized carbons (Fsp3) is 0.261. The monoisotopic (exact) mass is 450 g/mol. The van der Waals surface area contributed by atoms with Crippen molar-refractivity contribution in [2.45, 2.75) is 6.92 Å². The minimum absolute atomic E-state index is 0.422. The maximum atomic E-state index is 11.4. The predicted octanol–water partition coefficient (Wildman–Crippen LogP) is 3.66. The Morgan fingerprint density at radius 1 is 1.09 bits per heavy atom. The number of ether oxygens (including phenoxy) is 2. The summed E-state index contributed by atoms with van der Waals surface area (Å²) < 4.78 is 16.3. The van der Waals surface area contributed by atoms with Crippen molar-refractivity contribution in [3.63, 3.8) is 0 Å². The van der Waals surface area contributed by atoms with Gasteiger partial charge in [0, 0.05) is 35.7 Å². The van der Waals surface area contributed by atoms with Crippen LogP contribution in [0.15, 0.2) is 51.8 Å². The smallest absolute Gasteiger partial charge is 0.417 e. The molecule has 0 radical (unpaired) electrons. The molecule has 0 aliphatic carbocycles. The van der Waals surface area contributed by atoms with E-state index in [1.54, 1.807) is 25.4 Å². The van der Waals surface area contributed by atoms with Crippen LogP contribution in [0.25, 0.3) is 11.1 Å². The number of anilines is 4. The first-order chi connectivity index (χ1) is 15.9. The van der Waals surface area contributed by atoms with Gasteiger partial charge in [-0.05, 0) is 51.4 Å². The van der Waals surface area contributed by atoms with Crippen LogP contribution < -0.4 is 25.9 Å². The Morgan fingerprint density at radius 3 is 2.67 bits per heavy atom. The summed E-state index contributed by atoms with van der Waals surface area (Å²) >= 11 is 0. The van der Waals surface area contributed by atoms with Gasteiger partial charge in [0.1, 0.15) is 12.4 Å². The average molecular weight is 450 g/mol. The molecule has 0 atom stereocenters. The molecule has 172 valence electrons. The van der Waals surface area contributed by atoms with Crippen molar-refractivity contribution >= 4 is 34.2 Å². The van der Waals surface area contributed by atoms with Gasteiger partial charge in [0.25, 0.3) is 0 Å². The van der Waals surface area contributed by atoms with Crippen LogP contribution >= 0.6 is 0 Å². The second-order valence-electron chi connectivity index (χ2n) is 7.72. The highest BCUT2D eigenvalue weighted by molar-refractivity contribution is 5.78. The minimum atomic E-state index is -0.489. The number of nitrogens with one attached hydrogen (secondary N) is 3. The average Bonchev–Trinajstić information content (AvgIpc) is 3.15. The van der Waals surface area contributed by atoms with E-state index in [0.29, 0.717) is 41.0 Å². The number of H-pyrrole nitrogens is 1. The van der Waals surface area contributed by atoms with Crippen LogP contribution in [-0.2, 0) is 0 Å². The molecule has 10 heteroatoms. The number of benzene rings is 2. The number of methoxy groups -OCH3 is 1. The third-order valence-electron chi connectivity index (χ3n) is 4.87. The van der Waals surface area contributed by atoms with E-state index in [1.165, 1.54) is 0 Å². The summed E-state index contributed by atoms with van der Waals surface area (Å²) in [5.74, 6) is 1.85. The molecule has 0 spiro atoms. The van der Waals surface area contributed by atoms with E-state index in [-0.39, 0.29) is 0 Å². The zero-order chi connectivity index (χ0) is 23.4. The standard InChI is InChI=1S/C23H26N6O4/c1-14-13-24-22(26-16-6-8-19(31-4)20(12-16)32-10-9-29(2)3)28-21(14)25-15-5-7-18-17(11-15)27-23(30)33-18/h5-8,11-13H,9-10H2,1-4H3,(H,27,30)(H2,24,25,26,28). The normalized spacial score (nSPS) is 11.1. The number of fused-ring (bicyclic) bond motifs is 1. The number of hydrogen-bond donors (Lipinski definition) is 3. The molecular weight excluding hydrogens is 424 g/mol. The third-order valence-corrected chi connectivity index (χ3v) is 4.87. The van der Waals surface area contributed by atoms with Crippen LogP contribution in [-0.4, -0.2) is 54.2 Å². The Labute approximate surface area is 190 Å². The highest BCUT2D eigenvalue weighted by Gasteiger charge is 2.10. The number of hydrogen-bond acceptors (Lipinski definition) is 9. The SMILES string of the molecule is COc1ccc(Nc2ncc(C)c(Nc3ccc4oc(=O)[nH]c4c3)n2)cc1OCCN(C)C. The Balaban J connectivity index is 1.52. The number of oxazole rings is 1. The van der Waals surface area contributed by atoms with Crippen molar-refractivity contribution < 1.29 is 13.9 Å². The van der Waals surface area contributed by atoms with E-state index in [4.69, 9.17) is 13.9 Å². The summed E-state index contributed by atoms with van der Waals surface area (Å²) in [4.78, 5) is 25.1. The second-order valence-corrected chi connectivity index (χ2v) is 7.72. The van der Waals surface area contributed by atoms with Crippen LogP contribution in [0.3, 0.4) is 0 Å². The van der Waals surface area contributed by atoms with Crippen molar-refractivity contribution in [2.24, 2.45) is 0 Å². The van der Waals surface area contributed by atoms with Crippen LogP contribution in [0.1, 0.15) is 5.56 Å². The Bertz CT molecular complexity index is 1310. The molecule has 0 fully saturated rings. The van der Waals surface area contributed by atoms with Crippen LogP contribution in [0.5, 0.6) is 11.5 Å². The number of likely N-dealkylation sites (N-methyl/N-ethyl adjacent to an activating group) is 1. The van der Waals surface area contributed by atoms with Crippen LogP contribution in [0.2, 0.25) is 0 Å². The van der Waals surface area contributed by atoms with Crippen LogP contribution in [0.4, 0.5) is 23.1 Å². The molecule has 10 nitrogen and oxygen atoms in total. The largest absolute Gasteiger partial charge is 0.493 e. The van der Waals surface area contributed by atoms with Gasteiger partial charge in [-0.1, -0.05) is 0 Å². The lowest BCUT2D eigenvalue weighted by molar-refractivity contribution is 0.251. The van der Waals surface area contributed by atoms with Crippen molar-refractivity contribution in [3.05, 3.63) is 58.7 Å². The van der Waals surface area contributed by atoms with Gasteiger partial charge in [-0.25, -0.2) is 9.78 Å². The number of aryl methyl sites for hydroxylation is 1. The Hall–Kier alpha value is -4.05. The first-order valence-electron chi connectivity index (χ1n) is 10.4. The molecule has 33 heavy (non-hydrogen) atoms. The molecule has 3 N–H and O–H groups in total. The van der Waals surface area contributed by atoms with Crippen LogP contribution in [0, 0.1) is 6.92 Å². The van der Waals surface area contributed by atoms with E-state index in [2.05, 4.69) is 25.6 Å². The van der Waals surface area contributed by atoms with Crippen molar-refractivity contribution in [2.75, 3.05) is 45.0 Å². The van der Waals surface area contributed by atoms with Gasteiger partial charge in [0.15, 0.2) is 17.1 Å². The van der Waals surface area contributed by atoms with Gasteiger partial charge in [-0.2, -0.15) is 4.98 Å². The number of aromatic amines is 1.